The number of benzene rings is 2. The van der Waals surface area contributed by atoms with Crippen LogP contribution in [0.15, 0.2) is 54.6 Å². The van der Waals surface area contributed by atoms with E-state index in [1.165, 1.54) is 0 Å². The van der Waals surface area contributed by atoms with E-state index in [-0.39, 0.29) is 24.3 Å². The number of rotatable bonds is 10. The van der Waals surface area contributed by atoms with Gasteiger partial charge in [0.25, 0.3) is 5.91 Å². The van der Waals surface area contributed by atoms with Crippen molar-refractivity contribution in [3.8, 4) is 5.75 Å². The van der Waals surface area contributed by atoms with Crippen LogP contribution < -0.4 is 4.74 Å². The molecule has 0 aromatic heterocycles. The minimum atomic E-state index is -0.724. The van der Waals surface area contributed by atoms with E-state index in [2.05, 4.69) is 4.90 Å². The fourth-order valence-electron chi connectivity index (χ4n) is 6.81. The average molecular weight is 563 g/mol. The highest BCUT2D eigenvalue weighted by Gasteiger charge is 2.47. The van der Waals surface area contributed by atoms with Crippen LogP contribution in [0.2, 0.25) is 0 Å². The monoisotopic (exact) mass is 562 g/mol. The van der Waals surface area contributed by atoms with Gasteiger partial charge in [0.1, 0.15) is 11.9 Å². The molecule has 1 amide bonds. The minimum Gasteiger partial charge on any atom is -0.494 e. The van der Waals surface area contributed by atoms with Crippen LogP contribution in [0.1, 0.15) is 60.9 Å². The lowest BCUT2D eigenvalue weighted by Crippen LogP contribution is -2.55. The normalized spacial score (nSPS) is 25.7. The molecule has 1 atom stereocenters. The summed E-state index contributed by atoms with van der Waals surface area (Å²) in [6.07, 6.45) is 6.01. The second-order valence-corrected chi connectivity index (χ2v) is 11.9. The largest absolute Gasteiger partial charge is 0.494 e. The van der Waals surface area contributed by atoms with Crippen molar-refractivity contribution in [2.75, 3.05) is 52.5 Å². The van der Waals surface area contributed by atoms with E-state index in [1.807, 2.05) is 59.5 Å². The van der Waals surface area contributed by atoms with Gasteiger partial charge in [0.15, 0.2) is 6.29 Å². The maximum Gasteiger partial charge on any atom is 0.317 e. The maximum atomic E-state index is 13.9. The Balaban J connectivity index is 1.03. The molecule has 5 aliphatic rings. The Bertz CT molecular complexity index is 1150. The van der Waals surface area contributed by atoms with Crippen LogP contribution in [0.4, 0.5) is 0 Å². The van der Waals surface area contributed by atoms with Crippen molar-refractivity contribution in [3.05, 3.63) is 65.7 Å². The summed E-state index contributed by atoms with van der Waals surface area (Å²) >= 11 is 0. The van der Waals surface area contributed by atoms with E-state index in [1.54, 1.807) is 0 Å². The van der Waals surface area contributed by atoms with Gasteiger partial charge in [0.05, 0.1) is 25.2 Å². The molecule has 7 rings (SSSR count). The Morgan fingerprint density at radius 2 is 1.59 bits per heavy atom. The summed E-state index contributed by atoms with van der Waals surface area (Å²) in [6.45, 7) is 6.07. The fourth-order valence-corrected chi connectivity index (χ4v) is 6.81. The van der Waals surface area contributed by atoms with E-state index in [4.69, 9.17) is 18.9 Å². The summed E-state index contributed by atoms with van der Waals surface area (Å²) in [5.74, 6) is 1.08. The number of hydrogen-bond acceptors (Lipinski definition) is 7. The zero-order chi connectivity index (χ0) is 28.1. The number of hydrogen-bond donors (Lipinski definition) is 0. The number of ether oxygens (including phenoxy) is 4. The number of fused-ring (bicyclic) bond motifs is 3. The molecule has 5 fully saturated rings. The molecule has 5 saturated heterocycles. The summed E-state index contributed by atoms with van der Waals surface area (Å²) in [5.41, 5.74) is 0.899. The summed E-state index contributed by atoms with van der Waals surface area (Å²) in [7, 11) is 0. The first-order valence-electron chi connectivity index (χ1n) is 15.3. The van der Waals surface area contributed by atoms with Gasteiger partial charge in [-0.1, -0.05) is 30.3 Å². The van der Waals surface area contributed by atoms with Crippen molar-refractivity contribution >= 4 is 11.9 Å². The van der Waals surface area contributed by atoms with Crippen LogP contribution in [-0.4, -0.2) is 86.6 Å². The molecule has 8 heteroatoms. The molecule has 41 heavy (non-hydrogen) atoms. The molecule has 2 aromatic carbocycles. The summed E-state index contributed by atoms with van der Waals surface area (Å²) in [4.78, 5) is 31.5. The van der Waals surface area contributed by atoms with Gasteiger partial charge >= 0.3 is 5.97 Å². The van der Waals surface area contributed by atoms with Gasteiger partial charge in [0, 0.05) is 25.2 Å². The number of likely N-dealkylation sites (tertiary alicyclic amines) is 1. The first-order chi connectivity index (χ1) is 20.1. The van der Waals surface area contributed by atoms with Crippen LogP contribution in [0.3, 0.4) is 0 Å². The highest BCUT2D eigenvalue weighted by molar-refractivity contribution is 5.94. The SMILES string of the molecule is O=C(c1ccc(OCCCCC2OCCO2)cc1)N1CCC(C(=O)O[C@H]2CN3CCC2CC3)(c2ccccc2)CC1. The van der Waals surface area contributed by atoms with Crippen molar-refractivity contribution in [1.82, 2.24) is 9.80 Å². The lowest BCUT2D eigenvalue weighted by molar-refractivity contribution is -0.167. The van der Waals surface area contributed by atoms with Crippen molar-refractivity contribution < 1.29 is 28.5 Å². The molecule has 5 aliphatic heterocycles. The Kier molecular flexibility index (Phi) is 8.89. The Hall–Kier alpha value is -2.94. The predicted octanol–water partition coefficient (Wildman–Crippen LogP) is 4.42. The van der Waals surface area contributed by atoms with Crippen LogP contribution >= 0.6 is 0 Å². The van der Waals surface area contributed by atoms with Crippen LogP contribution in [-0.2, 0) is 24.4 Å². The fraction of sp³-hybridized carbons (Fsp3) is 0.576. The Morgan fingerprint density at radius 1 is 0.878 bits per heavy atom. The molecule has 2 bridgehead atoms. The van der Waals surface area contributed by atoms with Crippen LogP contribution in [0.25, 0.3) is 0 Å². The predicted molar refractivity (Wildman–Crippen MR) is 154 cm³/mol. The van der Waals surface area contributed by atoms with Gasteiger partial charge in [-0.3, -0.25) is 14.5 Å². The number of amides is 1. The third-order valence-corrected chi connectivity index (χ3v) is 9.37. The summed E-state index contributed by atoms with van der Waals surface area (Å²) in [5, 5.41) is 0. The van der Waals surface area contributed by atoms with Gasteiger partial charge in [-0.15, -0.1) is 0 Å². The Labute approximate surface area is 242 Å². The van der Waals surface area contributed by atoms with Crippen LogP contribution in [0, 0.1) is 5.92 Å². The smallest absolute Gasteiger partial charge is 0.317 e. The summed E-state index contributed by atoms with van der Waals surface area (Å²) in [6, 6.07) is 17.4. The highest BCUT2D eigenvalue weighted by atomic mass is 16.7. The lowest BCUT2D eigenvalue weighted by Gasteiger charge is -2.46. The van der Waals surface area contributed by atoms with E-state index in [9.17, 15) is 9.59 Å². The topological polar surface area (TPSA) is 77.5 Å². The average Bonchev–Trinajstić information content (AvgIpc) is 3.56. The second-order valence-electron chi connectivity index (χ2n) is 11.9. The second kappa shape index (κ2) is 12.9. The van der Waals surface area contributed by atoms with E-state index in [0.717, 1.165) is 63.1 Å². The van der Waals surface area contributed by atoms with E-state index < -0.39 is 5.41 Å². The molecule has 0 aliphatic carbocycles. The number of carbonyl (C=O) groups excluding carboxylic acids is 2. The molecule has 0 saturated carbocycles. The van der Waals surface area contributed by atoms with Gasteiger partial charge in [-0.25, -0.2) is 0 Å². The van der Waals surface area contributed by atoms with Gasteiger partial charge < -0.3 is 23.8 Å². The van der Waals surface area contributed by atoms with Crippen molar-refractivity contribution in [2.24, 2.45) is 5.92 Å². The molecule has 0 unspecified atom stereocenters. The quantitative estimate of drug-likeness (QED) is 0.313. The van der Waals surface area contributed by atoms with Gasteiger partial charge in [-0.2, -0.15) is 0 Å². The molecule has 220 valence electrons. The number of piperidine rings is 4. The standard InChI is InChI=1S/C33H42N2O6/c36-31(26-9-11-28(12-10-26)38-21-5-4-8-30-39-22-23-40-30)35-19-15-33(16-20-35,27-6-2-1-3-7-27)32(37)41-29-24-34-17-13-25(29)14-18-34/h1-3,6-7,9-12,25,29-30H,4-5,8,13-24H2/t29-/m0/s1. The molecular formula is C33H42N2O6. The first-order valence-corrected chi connectivity index (χ1v) is 15.3. The summed E-state index contributed by atoms with van der Waals surface area (Å²) < 4.78 is 23.1. The maximum absolute atomic E-state index is 13.9. The minimum absolute atomic E-state index is 0.0134. The molecule has 0 spiro atoms. The van der Waals surface area contributed by atoms with Crippen molar-refractivity contribution in [3.63, 3.8) is 0 Å². The van der Waals surface area contributed by atoms with E-state index >= 15 is 0 Å². The molecule has 0 N–H and O–H groups in total. The molecular weight excluding hydrogens is 520 g/mol. The molecule has 0 radical (unpaired) electrons. The highest BCUT2D eigenvalue weighted by Crippen LogP contribution is 2.39. The molecule has 5 heterocycles. The zero-order valence-electron chi connectivity index (χ0n) is 23.9. The third kappa shape index (κ3) is 6.45. The first kappa shape index (κ1) is 28.2. The van der Waals surface area contributed by atoms with Crippen molar-refractivity contribution in [1.29, 1.82) is 0 Å². The number of nitrogens with zero attached hydrogens (tertiary/aromatic N) is 2. The van der Waals surface area contributed by atoms with Gasteiger partial charge in [-0.05, 0) is 93.8 Å². The van der Waals surface area contributed by atoms with Crippen molar-refractivity contribution in [2.45, 2.75) is 62.8 Å². The Morgan fingerprint density at radius 3 is 2.24 bits per heavy atom. The molecule has 8 nitrogen and oxygen atoms in total. The number of carbonyl (C=O) groups is 2. The van der Waals surface area contributed by atoms with Gasteiger partial charge in [0.2, 0.25) is 0 Å². The van der Waals surface area contributed by atoms with Crippen LogP contribution in [0.5, 0.6) is 5.75 Å². The number of esters is 1. The lowest BCUT2D eigenvalue weighted by atomic mass is 9.72. The zero-order valence-corrected chi connectivity index (χ0v) is 23.9. The molecule has 2 aromatic rings. The number of unbranched alkanes of at least 4 members (excludes halogenated alkanes) is 1. The third-order valence-electron chi connectivity index (χ3n) is 9.37. The van der Waals surface area contributed by atoms with E-state index in [0.29, 0.717) is 57.2 Å².